The first-order valence-electron chi connectivity index (χ1n) is 8.09. The van der Waals surface area contributed by atoms with Crippen LogP contribution in [0.4, 0.5) is 4.39 Å². The molecule has 7 heteroatoms. The van der Waals surface area contributed by atoms with Gasteiger partial charge >= 0.3 is 0 Å². The summed E-state index contributed by atoms with van der Waals surface area (Å²) in [5.41, 5.74) is 6.88. The first kappa shape index (κ1) is 18.6. The summed E-state index contributed by atoms with van der Waals surface area (Å²) in [4.78, 5) is 25.7. The highest BCUT2D eigenvalue weighted by Crippen LogP contribution is 2.28. The molecule has 0 unspecified atom stereocenters. The van der Waals surface area contributed by atoms with E-state index < -0.39 is 11.8 Å². The van der Waals surface area contributed by atoms with Gasteiger partial charge in [0.2, 0.25) is 0 Å². The molecule has 3 aromatic rings. The van der Waals surface area contributed by atoms with Crippen LogP contribution in [-0.4, -0.2) is 18.9 Å². The van der Waals surface area contributed by atoms with Gasteiger partial charge in [0.25, 0.3) is 11.8 Å². The Morgan fingerprint density at radius 2 is 1.67 bits per heavy atom. The smallest absolute Gasteiger partial charge is 0.279 e. The van der Waals surface area contributed by atoms with E-state index in [2.05, 4.69) is 10.9 Å². The van der Waals surface area contributed by atoms with E-state index in [0.29, 0.717) is 16.2 Å². The van der Waals surface area contributed by atoms with Crippen molar-refractivity contribution < 1.29 is 18.7 Å². The van der Waals surface area contributed by atoms with Gasteiger partial charge in [-0.25, -0.2) is 4.39 Å². The highest BCUT2D eigenvalue weighted by Gasteiger charge is 2.13. The number of rotatable bonds is 4. The number of hydrogen-bond acceptors (Lipinski definition) is 4. The van der Waals surface area contributed by atoms with Crippen LogP contribution in [0.3, 0.4) is 0 Å². The molecule has 3 rings (SSSR count). The number of benzene rings is 2. The molecule has 0 bridgehead atoms. The summed E-state index contributed by atoms with van der Waals surface area (Å²) in [7, 11) is 1.53. The number of halogens is 1. The van der Waals surface area contributed by atoms with Gasteiger partial charge in [-0.15, -0.1) is 11.3 Å². The van der Waals surface area contributed by atoms with E-state index in [0.717, 1.165) is 16.0 Å². The molecule has 0 aliphatic rings. The Bertz CT molecular complexity index is 983. The van der Waals surface area contributed by atoms with Gasteiger partial charge in [-0.1, -0.05) is 18.2 Å². The number of amides is 2. The van der Waals surface area contributed by atoms with E-state index in [1.165, 1.54) is 30.6 Å². The van der Waals surface area contributed by atoms with Crippen LogP contribution < -0.4 is 15.6 Å². The van der Waals surface area contributed by atoms with Crippen LogP contribution in [0.25, 0.3) is 10.4 Å². The fourth-order valence-corrected chi connectivity index (χ4v) is 3.34. The third-order valence-corrected chi connectivity index (χ3v) is 5.05. The van der Waals surface area contributed by atoms with Crippen molar-refractivity contribution in [1.29, 1.82) is 0 Å². The zero-order chi connectivity index (χ0) is 19.4. The van der Waals surface area contributed by atoms with Crippen molar-refractivity contribution in [1.82, 2.24) is 10.9 Å². The molecule has 138 valence electrons. The quantitative estimate of drug-likeness (QED) is 0.670. The summed E-state index contributed by atoms with van der Waals surface area (Å²) in [6.45, 7) is 1.87. The molecule has 2 amide bonds. The minimum Gasteiger partial charge on any atom is -0.496 e. The Labute approximate surface area is 159 Å². The van der Waals surface area contributed by atoms with Gasteiger partial charge in [0, 0.05) is 10.4 Å². The van der Waals surface area contributed by atoms with E-state index >= 15 is 0 Å². The topological polar surface area (TPSA) is 67.4 Å². The minimum absolute atomic E-state index is 0.316. The average Bonchev–Trinajstić information content (AvgIpc) is 3.17. The van der Waals surface area contributed by atoms with Crippen molar-refractivity contribution >= 4 is 23.2 Å². The van der Waals surface area contributed by atoms with Crippen molar-refractivity contribution in [2.24, 2.45) is 0 Å². The van der Waals surface area contributed by atoms with Crippen LogP contribution >= 0.6 is 11.3 Å². The largest absolute Gasteiger partial charge is 0.496 e. The Hall–Kier alpha value is -3.19. The van der Waals surface area contributed by atoms with E-state index in [-0.39, 0.29) is 5.82 Å². The van der Waals surface area contributed by atoms with Crippen molar-refractivity contribution in [3.63, 3.8) is 0 Å². The average molecular weight is 384 g/mol. The second-order valence-corrected chi connectivity index (χ2v) is 6.85. The predicted molar refractivity (Wildman–Crippen MR) is 102 cm³/mol. The maximum Gasteiger partial charge on any atom is 0.279 e. The number of nitrogens with one attached hydrogen (secondary N) is 2. The van der Waals surface area contributed by atoms with Crippen LogP contribution in [0, 0.1) is 12.7 Å². The van der Waals surface area contributed by atoms with Gasteiger partial charge in [-0.3, -0.25) is 20.4 Å². The van der Waals surface area contributed by atoms with Gasteiger partial charge in [0.05, 0.1) is 12.0 Å². The number of thiophene rings is 1. The molecule has 0 saturated carbocycles. The van der Waals surface area contributed by atoms with E-state index in [4.69, 9.17) is 4.74 Å². The lowest BCUT2D eigenvalue weighted by atomic mass is 10.1. The van der Waals surface area contributed by atoms with Crippen LogP contribution in [0.2, 0.25) is 0 Å². The van der Waals surface area contributed by atoms with Gasteiger partial charge in [-0.2, -0.15) is 0 Å². The second kappa shape index (κ2) is 8.01. The van der Waals surface area contributed by atoms with Gasteiger partial charge in [0.15, 0.2) is 0 Å². The van der Waals surface area contributed by atoms with Gasteiger partial charge in [-0.05, 0) is 54.4 Å². The highest BCUT2D eigenvalue weighted by atomic mass is 32.1. The Morgan fingerprint density at radius 3 is 2.37 bits per heavy atom. The third-order valence-electron chi connectivity index (χ3n) is 3.92. The molecule has 0 aliphatic carbocycles. The highest BCUT2D eigenvalue weighted by molar-refractivity contribution is 7.17. The minimum atomic E-state index is -0.447. The Morgan fingerprint density at radius 1 is 0.963 bits per heavy atom. The van der Waals surface area contributed by atoms with Crippen molar-refractivity contribution in [2.75, 3.05) is 7.11 Å². The predicted octanol–water partition coefficient (Wildman–Crippen LogP) is 3.95. The number of hydrazine groups is 1. The van der Waals surface area contributed by atoms with E-state index in [1.54, 1.807) is 42.5 Å². The molecule has 5 nitrogen and oxygen atoms in total. The van der Waals surface area contributed by atoms with Gasteiger partial charge < -0.3 is 4.74 Å². The summed E-state index contributed by atoms with van der Waals surface area (Å²) >= 11 is 1.25. The van der Waals surface area contributed by atoms with Crippen LogP contribution in [-0.2, 0) is 0 Å². The number of ether oxygens (including phenoxy) is 1. The first-order chi connectivity index (χ1) is 13.0. The van der Waals surface area contributed by atoms with E-state index in [1.807, 2.05) is 6.92 Å². The zero-order valence-corrected chi connectivity index (χ0v) is 15.5. The normalized spacial score (nSPS) is 10.3. The van der Waals surface area contributed by atoms with Crippen LogP contribution in [0.5, 0.6) is 5.75 Å². The standard InChI is InChI=1S/C20H17FN2O3S/c1-12-3-4-14(11-16(12)26-2)19(24)22-23-20(25)18-10-9-17(27-18)13-5-7-15(21)8-6-13/h3-11H,1-2H3,(H,22,24)(H,23,25). The fourth-order valence-electron chi connectivity index (χ4n) is 2.44. The SMILES string of the molecule is COc1cc(C(=O)NNC(=O)c2ccc(-c3ccc(F)cc3)s2)ccc1C. The molecule has 0 fully saturated rings. The van der Waals surface area contributed by atoms with Crippen LogP contribution in [0.1, 0.15) is 25.6 Å². The maximum atomic E-state index is 13.0. The molecule has 27 heavy (non-hydrogen) atoms. The monoisotopic (exact) mass is 384 g/mol. The van der Waals surface area contributed by atoms with Crippen LogP contribution in [0.15, 0.2) is 54.6 Å². The number of carbonyl (C=O) groups excluding carboxylic acids is 2. The molecular formula is C20H17FN2O3S. The molecule has 0 saturated heterocycles. The molecular weight excluding hydrogens is 367 g/mol. The molecule has 0 radical (unpaired) electrons. The molecule has 0 atom stereocenters. The van der Waals surface area contributed by atoms with Crippen molar-refractivity contribution in [2.45, 2.75) is 6.92 Å². The maximum absolute atomic E-state index is 13.0. The number of methoxy groups -OCH3 is 1. The molecule has 0 aliphatic heterocycles. The summed E-state index contributed by atoms with van der Waals surface area (Å²) in [6.07, 6.45) is 0. The summed E-state index contributed by atoms with van der Waals surface area (Å²) in [6, 6.07) is 14.5. The molecule has 2 N–H and O–H groups in total. The third kappa shape index (κ3) is 4.32. The van der Waals surface area contributed by atoms with Crippen molar-refractivity contribution in [3.05, 3.63) is 76.4 Å². The molecule has 2 aromatic carbocycles. The summed E-state index contributed by atoms with van der Waals surface area (Å²) in [5, 5.41) is 0. The number of aryl methyl sites for hydroxylation is 1. The lowest BCUT2D eigenvalue weighted by molar-refractivity contribution is 0.0848. The Kier molecular flexibility index (Phi) is 5.52. The number of carbonyl (C=O) groups is 2. The van der Waals surface area contributed by atoms with E-state index in [9.17, 15) is 14.0 Å². The second-order valence-electron chi connectivity index (χ2n) is 5.76. The first-order valence-corrected chi connectivity index (χ1v) is 8.90. The Balaban J connectivity index is 1.64. The lowest BCUT2D eigenvalue weighted by Crippen LogP contribution is -2.41. The number of hydrogen-bond donors (Lipinski definition) is 2. The molecule has 1 heterocycles. The van der Waals surface area contributed by atoms with Crippen molar-refractivity contribution in [3.8, 4) is 16.2 Å². The fraction of sp³-hybridized carbons (Fsp3) is 0.100. The summed E-state index contributed by atoms with van der Waals surface area (Å²) in [5.74, 6) is -0.599. The van der Waals surface area contributed by atoms with Gasteiger partial charge in [0.1, 0.15) is 11.6 Å². The summed E-state index contributed by atoms with van der Waals surface area (Å²) < 4.78 is 18.2. The molecule has 1 aromatic heterocycles. The lowest BCUT2D eigenvalue weighted by Gasteiger charge is -2.09. The molecule has 0 spiro atoms. The zero-order valence-electron chi connectivity index (χ0n) is 14.7.